The highest BCUT2D eigenvalue weighted by Gasteiger charge is 2.16. The van der Waals surface area contributed by atoms with Crippen molar-refractivity contribution in [3.8, 4) is 0 Å². The summed E-state index contributed by atoms with van der Waals surface area (Å²) in [4.78, 5) is 8.49. The predicted octanol–water partition coefficient (Wildman–Crippen LogP) is 2.99. The normalized spacial score (nSPS) is 13.9. The molecule has 0 aliphatic carbocycles. The van der Waals surface area contributed by atoms with Crippen molar-refractivity contribution in [3.63, 3.8) is 0 Å². The highest BCUT2D eigenvalue weighted by atomic mass is 35.5. The van der Waals surface area contributed by atoms with Crippen molar-refractivity contribution in [1.29, 1.82) is 0 Å². The number of nitrogens with one attached hydrogen (secondary N) is 2. The first-order valence-corrected chi connectivity index (χ1v) is 7.31. The van der Waals surface area contributed by atoms with E-state index in [4.69, 9.17) is 16.3 Å². The molecule has 1 aliphatic heterocycles. The number of allylic oxidation sites excluding steroid dienone is 2. The molecule has 4 heterocycles. The number of ether oxygens (including phenoxy) is 1. The molecule has 0 amide bonds. The molecule has 0 bridgehead atoms. The summed E-state index contributed by atoms with van der Waals surface area (Å²) < 4.78 is 7.06. The molecule has 0 saturated heterocycles. The van der Waals surface area contributed by atoms with Crippen LogP contribution < -0.4 is 5.32 Å². The molecule has 8 nitrogen and oxygen atoms in total. The van der Waals surface area contributed by atoms with E-state index in [1.54, 1.807) is 17.1 Å². The second-order valence-electron chi connectivity index (χ2n) is 4.96. The minimum absolute atomic E-state index is 0.112. The number of nitrogens with zero attached hydrogens (tertiary/aromatic N) is 5. The van der Waals surface area contributed by atoms with E-state index in [-0.39, 0.29) is 5.28 Å². The molecule has 3 aromatic heterocycles. The Hall–Kier alpha value is -2.87. The maximum absolute atomic E-state index is 6.06. The maximum Gasteiger partial charge on any atom is 0.226 e. The molecule has 4 rings (SSSR count). The zero-order chi connectivity index (χ0) is 15.8. The molecule has 23 heavy (non-hydrogen) atoms. The minimum Gasteiger partial charge on any atom is -0.447 e. The third-order valence-corrected chi connectivity index (χ3v) is 3.44. The van der Waals surface area contributed by atoms with Crippen LogP contribution in [0, 0.1) is 6.92 Å². The van der Waals surface area contributed by atoms with E-state index in [1.165, 1.54) is 0 Å². The first-order valence-electron chi connectivity index (χ1n) is 6.93. The summed E-state index contributed by atoms with van der Waals surface area (Å²) in [6.45, 7) is 1.92. The van der Waals surface area contributed by atoms with Gasteiger partial charge in [-0.2, -0.15) is 24.8 Å². The van der Waals surface area contributed by atoms with E-state index >= 15 is 0 Å². The molecule has 1 aliphatic rings. The molecule has 0 aromatic carbocycles. The van der Waals surface area contributed by atoms with Gasteiger partial charge in [-0.3, -0.25) is 5.10 Å². The Morgan fingerprint density at radius 3 is 3.04 bits per heavy atom. The summed E-state index contributed by atoms with van der Waals surface area (Å²) in [5.74, 6) is 1.76. The van der Waals surface area contributed by atoms with Crippen LogP contribution in [0.3, 0.4) is 0 Å². The van der Waals surface area contributed by atoms with E-state index < -0.39 is 0 Å². The molecule has 0 atom stereocenters. The zero-order valence-corrected chi connectivity index (χ0v) is 12.9. The highest BCUT2D eigenvalue weighted by molar-refractivity contribution is 6.28. The number of halogens is 1. The lowest BCUT2D eigenvalue weighted by molar-refractivity contribution is 0.390. The van der Waals surface area contributed by atoms with Crippen molar-refractivity contribution in [2.45, 2.75) is 13.3 Å². The second kappa shape index (κ2) is 5.40. The van der Waals surface area contributed by atoms with Gasteiger partial charge in [-0.1, -0.05) is 0 Å². The Morgan fingerprint density at radius 1 is 1.39 bits per heavy atom. The van der Waals surface area contributed by atoms with Crippen LogP contribution in [0.4, 0.5) is 11.6 Å². The van der Waals surface area contributed by atoms with Crippen LogP contribution in [0.5, 0.6) is 0 Å². The monoisotopic (exact) mass is 329 g/mol. The van der Waals surface area contributed by atoms with Gasteiger partial charge in [0.1, 0.15) is 5.82 Å². The van der Waals surface area contributed by atoms with Gasteiger partial charge in [0.25, 0.3) is 0 Å². The van der Waals surface area contributed by atoms with Crippen molar-refractivity contribution >= 4 is 40.2 Å². The van der Waals surface area contributed by atoms with E-state index in [9.17, 15) is 0 Å². The summed E-state index contributed by atoms with van der Waals surface area (Å²) in [7, 11) is 0. The van der Waals surface area contributed by atoms with Gasteiger partial charge in [0.05, 0.1) is 17.8 Å². The van der Waals surface area contributed by atoms with E-state index in [0.29, 0.717) is 28.6 Å². The third kappa shape index (κ3) is 2.53. The average molecular weight is 330 g/mol. The number of anilines is 2. The molecule has 3 aromatic rings. The summed E-state index contributed by atoms with van der Waals surface area (Å²) in [6, 6.07) is 1.86. The van der Waals surface area contributed by atoms with Crippen LogP contribution in [0.15, 0.2) is 30.7 Å². The first-order chi connectivity index (χ1) is 11.2. The van der Waals surface area contributed by atoms with E-state index in [0.717, 1.165) is 12.1 Å². The number of rotatable bonds is 3. The molecule has 2 N–H and O–H groups in total. The SMILES string of the molecule is Cc1cc(Nc2nc(Cl)nc3c2cnn3C2=CCC=CO2)n[nH]1. The van der Waals surface area contributed by atoms with Gasteiger partial charge in [-0.15, -0.1) is 0 Å². The van der Waals surface area contributed by atoms with Crippen molar-refractivity contribution in [3.05, 3.63) is 41.7 Å². The Kier molecular flexibility index (Phi) is 3.23. The summed E-state index contributed by atoms with van der Waals surface area (Å²) in [5, 5.41) is 15.3. The quantitative estimate of drug-likeness (QED) is 0.717. The molecule has 0 fully saturated rings. The van der Waals surface area contributed by atoms with Crippen molar-refractivity contribution in [2.24, 2.45) is 0 Å². The van der Waals surface area contributed by atoms with Crippen LogP contribution in [0.25, 0.3) is 16.9 Å². The van der Waals surface area contributed by atoms with Gasteiger partial charge in [0, 0.05) is 11.8 Å². The molecule has 0 saturated carbocycles. The van der Waals surface area contributed by atoms with Gasteiger partial charge in [-0.25, -0.2) is 0 Å². The Bertz CT molecular complexity index is 940. The minimum atomic E-state index is 0.112. The highest BCUT2D eigenvalue weighted by Crippen LogP contribution is 2.27. The van der Waals surface area contributed by atoms with Gasteiger partial charge < -0.3 is 10.1 Å². The fourth-order valence-corrected chi connectivity index (χ4v) is 2.43. The molecular formula is C14H12ClN7O. The fourth-order valence-electron chi connectivity index (χ4n) is 2.27. The lowest BCUT2D eigenvalue weighted by atomic mass is 10.3. The van der Waals surface area contributed by atoms with Gasteiger partial charge >= 0.3 is 0 Å². The number of aromatic nitrogens is 6. The number of aromatic amines is 1. The van der Waals surface area contributed by atoms with Crippen LogP contribution in [0.2, 0.25) is 5.28 Å². The van der Waals surface area contributed by atoms with Gasteiger partial charge in [-0.05, 0) is 37.1 Å². The van der Waals surface area contributed by atoms with E-state index in [1.807, 2.05) is 25.1 Å². The molecular weight excluding hydrogens is 318 g/mol. The van der Waals surface area contributed by atoms with Gasteiger partial charge in [0.2, 0.25) is 11.2 Å². The van der Waals surface area contributed by atoms with Crippen LogP contribution >= 0.6 is 11.6 Å². The molecule has 0 unspecified atom stereocenters. The standard InChI is InChI=1S/C14H12ClN7O/c1-8-6-10(21-20-8)17-12-9-7-16-22(11-4-2-3-5-23-11)13(9)19-14(15)18-12/h3-7H,2H2,1H3,(H2,17,18,19,20,21). The number of aryl methyl sites for hydroxylation is 1. The smallest absolute Gasteiger partial charge is 0.226 e. The Labute approximate surface area is 135 Å². The number of H-pyrrole nitrogens is 1. The molecule has 0 spiro atoms. The topological polar surface area (TPSA) is 93.5 Å². The average Bonchev–Trinajstić information content (AvgIpc) is 3.14. The zero-order valence-electron chi connectivity index (χ0n) is 12.1. The summed E-state index contributed by atoms with van der Waals surface area (Å²) in [5.41, 5.74) is 1.49. The number of hydrogen-bond donors (Lipinski definition) is 2. The summed E-state index contributed by atoms with van der Waals surface area (Å²) in [6.07, 6.45) is 7.87. The third-order valence-electron chi connectivity index (χ3n) is 3.28. The lowest BCUT2D eigenvalue weighted by Gasteiger charge is -2.10. The Morgan fingerprint density at radius 2 is 2.30 bits per heavy atom. The second-order valence-corrected chi connectivity index (χ2v) is 5.30. The molecule has 9 heteroatoms. The Balaban J connectivity index is 1.80. The predicted molar refractivity (Wildman–Crippen MR) is 86.1 cm³/mol. The number of hydrogen-bond acceptors (Lipinski definition) is 6. The van der Waals surface area contributed by atoms with Crippen LogP contribution in [0.1, 0.15) is 12.1 Å². The van der Waals surface area contributed by atoms with Crippen LogP contribution in [-0.4, -0.2) is 29.9 Å². The maximum atomic E-state index is 6.06. The summed E-state index contributed by atoms with van der Waals surface area (Å²) >= 11 is 6.06. The fraction of sp³-hybridized carbons (Fsp3) is 0.143. The molecule has 116 valence electrons. The van der Waals surface area contributed by atoms with Crippen molar-refractivity contribution in [2.75, 3.05) is 5.32 Å². The van der Waals surface area contributed by atoms with Crippen molar-refractivity contribution < 1.29 is 4.74 Å². The lowest BCUT2D eigenvalue weighted by Crippen LogP contribution is -2.04. The molecule has 0 radical (unpaired) electrons. The van der Waals surface area contributed by atoms with Crippen LogP contribution in [-0.2, 0) is 4.74 Å². The van der Waals surface area contributed by atoms with Crippen molar-refractivity contribution in [1.82, 2.24) is 29.9 Å². The first kappa shape index (κ1) is 13.8. The number of fused-ring (bicyclic) bond motifs is 1. The van der Waals surface area contributed by atoms with E-state index in [2.05, 4.69) is 30.6 Å². The van der Waals surface area contributed by atoms with Gasteiger partial charge in [0.15, 0.2) is 11.5 Å². The largest absolute Gasteiger partial charge is 0.447 e.